The zero-order valence-corrected chi connectivity index (χ0v) is 9.87. The second kappa shape index (κ2) is 6.51. The van der Waals surface area contributed by atoms with Gasteiger partial charge in [-0.15, -0.1) is 0 Å². The minimum absolute atomic E-state index is 0.00611. The molecule has 16 heavy (non-hydrogen) atoms. The summed E-state index contributed by atoms with van der Waals surface area (Å²) in [6, 6.07) is 0. The van der Waals surface area contributed by atoms with Gasteiger partial charge in [0, 0.05) is 13.0 Å². The van der Waals surface area contributed by atoms with Crippen molar-refractivity contribution in [2.75, 3.05) is 6.54 Å². The average Bonchev–Trinajstić information content (AvgIpc) is 2.70. The maximum atomic E-state index is 11.5. The van der Waals surface area contributed by atoms with E-state index in [9.17, 15) is 9.59 Å². The van der Waals surface area contributed by atoms with E-state index >= 15 is 0 Å². The predicted molar refractivity (Wildman–Crippen MR) is 61.0 cm³/mol. The lowest BCUT2D eigenvalue weighted by molar-refractivity contribution is -0.141. The highest BCUT2D eigenvalue weighted by Crippen LogP contribution is 2.27. The summed E-state index contributed by atoms with van der Waals surface area (Å²) in [5.74, 6) is -0.757. The Labute approximate surface area is 96.4 Å². The van der Waals surface area contributed by atoms with Crippen LogP contribution >= 0.6 is 0 Å². The number of hydrogen-bond donors (Lipinski definition) is 2. The van der Waals surface area contributed by atoms with E-state index in [-0.39, 0.29) is 12.5 Å². The van der Waals surface area contributed by atoms with E-state index in [4.69, 9.17) is 5.11 Å². The second-order valence-electron chi connectivity index (χ2n) is 4.60. The molecule has 0 aromatic heterocycles. The maximum absolute atomic E-state index is 11.5. The molecular weight excluding hydrogens is 206 g/mol. The van der Waals surface area contributed by atoms with Crippen LogP contribution in [0.15, 0.2) is 0 Å². The largest absolute Gasteiger partial charge is 0.481 e. The summed E-state index contributed by atoms with van der Waals surface area (Å²) in [4.78, 5) is 22.3. The van der Waals surface area contributed by atoms with Gasteiger partial charge < -0.3 is 10.4 Å². The summed E-state index contributed by atoms with van der Waals surface area (Å²) in [6.45, 7) is 2.08. The molecule has 0 radical (unpaired) electrons. The van der Waals surface area contributed by atoms with Crippen molar-refractivity contribution in [3.63, 3.8) is 0 Å². The van der Waals surface area contributed by atoms with E-state index in [0.29, 0.717) is 18.8 Å². The lowest BCUT2D eigenvalue weighted by Crippen LogP contribution is -2.33. The van der Waals surface area contributed by atoms with Crippen LogP contribution in [0.5, 0.6) is 0 Å². The standard InChI is InChI=1S/C12H21NO3/c1-2-10(12(15)16)8-13-11(14)7-9-5-3-4-6-9/h9-10H,2-8H2,1H3,(H,13,14)(H,15,16). The average molecular weight is 227 g/mol. The van der Waals surface area contributed by atoms with Crippen molar-refractivity contribution < 1.29 is 14.7 Å². The Morgan fingerprint density at radius 2 is 2.00 bits per heavy atom. The first kappa shape index (κ1) is 13.0. The van der Waals surface area contributed by atoms with Crippen LogP contribution in [0.1, 0.15) is 45.4 Å². The number of carboxylic acids is 1. The molecular formula is C12H21NO3. The quantitative estimate of drug-likeness (QED) is 0.727. The number of carboxylic acid groups (broad SMARTS) is 1. The summed E-state index contributed by atoms with van der Waals surface area (Å²) in [6.07, 6.45) is 5.86. The van der Waals surface area contributed by atoms with Gasteiger partial charge in [0.1, 0.15) is 0 Å². The molecule has 1 amide bonds. The molecule has 1 fully saturated rings. The van der Waals surface area contributed by atoms with Crippen LogP contribution in [0, 0.1) is 11.8 Å². The fraction of sp³-hybridized carbons (Fsp3) is 0.833. The van der Waals surface area contributed by atoms with Gasteiger partial charge >= 0.3 is 5.97 Å². The molecule has 0 bridgehead atoms. The van der Waals surface area contributed by atoms with Crippen molar-refractivity contribution in [2.45, 2.75) is 45.4 Å². The highest BCUT2D eigenvalue weighted by Gasteiger charge is 2.20. The van der Waals surface area contributed by atoms with Crippen molar-refractivity contribution in [3.05, 3.63) is 0 Å². The third-order valence-electron chi connectivity index (χ3n) is 3.34. The Balaban J connectivity index is 2.20. The van der Waals surface area contributed by atoms with E-state index in [2.05, 4.69) is 5.32 Å². The summed E-state index contributed by atoms with van der Waals surface area (Å²) in [5, 5.41) is 11.5. The molecule has 92 valence electrons. The smallest absolute Gasteiger partial charge is 0.308 e. The zero-order valence-electron chi connectivity index (χ0n) is 9.87. The van der Waals surface area contributed by atoms with Gasteiger partial charge in [0.05, 0.1) is 5.92 Å². The highest BCUT2D eigenvalue weighted by molar-refractivity contribution is 5.77. The second-order valence-corrected chi connectivity index (χ2v) is 4.60. The Morgan fingerprint density at radius 3 is 2.50 bits per heavy atom. The molecule has 0 aromatic rings. The third-order valence-corrected chi connectivity index (χ3v) is 3.34. The Morgan fingerprint density at radius 1 is 1.38 bits per heavy atom. The molecule has 1 aliphatic carbocycles. The van der Waals surface area contributed by atoms with Gasteiger partial charge in [-0.1, -0.05) is 19.8 Å². The first-order valence-electron chi connectivity index (χ1n) is 6.13. The minimum atomic E-state index is -0.830. The van der Waals surface area contributed by atoms with E-state index in [1.165, 1.54) is 12.8 Å². The molecule has 0 saturated heterocycles. The summed E-state index contributed by atoms with van der Waals surface area (Å²) in [7, 11) is 0. The Bertz CT molecular complexity index is 247. The minimum Gasteiger partial charge on any atom is -0.481 e. The van der Waals surface area contributed by atoms with Gasteiger partial charge in [-0.05, 0) is 25.2 Å². The number of amides is 1. The van der Waals surface area contributed by atoms with Gasteiger partial charge in [0.25, 0.3) is 0 Å². The van der Waals surface area contributed by atoms with Crippen LogP contribution in [0.25, 0.3) is 0 Å². The number of nitrogens with one attached hydrogen (secondary N) is 1. The molecule has 1 atom stereocenters. The Hall–Kier alpha value is -1.06. The molecule has 1 rings (SSSR count). The number of carbonyl (C=O) groups is 2. The number of carbonyl (C=O) groups excluding carboxylic acids is 1. The third kappa shape index (κ3) is 4.21. The van der Waals surface area contributed by atoms with Crippen LogP contribution in [0.3, 0.4) is 0 Å². The van der Waals surface area contributed by atoms with Crippen molar-refractivity contribution >= 4 is 11.9 Å². The monoisotopic (exact) mass is 227 g/mol. The van der Waals surface area contributed by atoms with Crippen LogP contribution in [0.4, 0.5) is 0 Å². The number of rotatable bonds is 6. The van der Waals surface area contributed by atoms with Gasteiger partial charge in [0.2, 0.25) is 5.91 Å². The van der Waals surface area contributed by atoms with Gasteiger partial charge in [-0.25, -0.2) is 0 Å². The summed E-state index contributed by atoms with van der Waals surface area (Å²) in [5.41, 5.74) is 0. The van der Waals surface area contributed by atoms with Crippen molar-refractivity contribution in [2.24, 2.45) is 11.8 Å². The Kier molecular flexibility index (Phi) is 5.29. The molecule has 0 heterocycles. The fourth-order valence-electron chi connectivity index (χ4n) is 2.19. The normalized spacial score (nSPS) is 18.3. The zero-order chi connectivity index (χ0) is 12.0. The van der Waals surface area contributed by atoms with E-state index < -0.39 is 11.9 Å². The number of aliphatic carboxylic acids is 1. The van der Waals surface area contributed by atoms with Crippen LogP contribution in [-0.2, 0) is 9.59 Å². The van der Waals surface area contributed by atoms with Crippen molar-refractivity contribution in [1.29, 1.82) is 0 Å². The molecule has 0 aliphatic heterocycles. The lowest BCUT2D eigenvalue weighted by atomic mass is 10.0. The fourth-order valence-corrected chi connectivity index (χ4v) is 2.19. The highest BCUT2D eigenvalue weighted by atomic mass is 16.4. The molecule has 0 aromatic carbocycles. The van der Waals surface area contributed by atoms with Gasteiger partial charge in [-0.3, -0.25) is 9.59 Å². The van der Waals surface area contributed by atoms with E-state index in [1.54, 1.807) is 0 Å². The predicted octanol–water partition coefficient (Wildman–Crippen LogP) is 1.79. The van der Waals surface area contributed by atoms with E-state index in [1.807, 2.05) is 6.92 Å². The molecule has 4 heteroatoms. The van der Waals surface area contributed by atoms with Crippen LogP contribution < -0.4 is 5.32 Å². The molecule has 1 aliphatic rings. The molecule has 1 unspecified atom stereocenters. The van der Waals surface area contributed by atoms with Crippen molar-refractivity contribution in [1.82, 2.24) is 5.32 Å². The number of hydrogen-bond acceptors (Lipinski definition) is 2. The summed E-state index contributed by atoms with van der Waals surface area (Å²) < 4.78 is 0. The topological polar surface area (TPSA) is 66.4 Å². The summed E-state index contributed by atoms with van der Waals surface area (Å²) >= 11 is 0. The lowest BCUT2D eigenvalue weighted by Gasteiger charge is -2.13. The van der Waals surface area contributed by atoms with E-state index in [0.717, 1.165) is 12.8 Å². The van der Waals surface area contributed by atoms with Gasteiger partial charge in [0.15, 0.2) is 0 Å². The van der Waals surface area contributed by atoms with Crippen molar-refractivity contribution in [3.8, 4) is 0 Å². The van der Waals surface area contributed by atoms with Crippen LogP contribution in [-0.4, -0.2) is 23.5 Å². The molecule has 4 nitrogen and oxygen atoms in total. The first-order valence-corrected chi connectivity index (χ1v) is 6.13. The van der Waals surface area contributed by atoms with Gasteiger partial charge in [-0.2, -0.15) is 0 Å². The van der Waals surface area contributed by atoms with Crippen LogP contribution in [0.2, 0.25) is 0 Å². The molecule has 1 saturated carbocycles. The molecule has 2 N–H and O–H groups in total. The first-order chi connectivity index (χ1) is 7.63. The SMILES string of the molecule is CCC(CNC(=O)CC1CCCC1)C(=O)O. The molecule has 0 spiro atoms. The maximum Gasteiger partial charge on any atom is 0.308 e.